The lowest BCUT2D eigenvalue weighted by atomic mass is 10.3. The number of hydrogen-bond donors (Lipinski definition) is 1. The van der Waals surface area contributed by atoms with Crippen molar-refractivity contribution in [1.29, 1.82) is 0 Å². The van der Waals surface area contributed by atoms with Gasteiger partial charge in [-0.05, 0) is 0 Å². The third kappa shape index (κ3) is 4.91. The Bertz CT molecular complexity index is 147. The second-order valence-electron chi connectivity index (χ2n) is 3.85. The summed E-state index contributed by atoms with van der Waals surface area (Å²) >= 11 is 6.20. The van der Waals surface area contributed by atoms with Gasteiger partial charge in [-0.1, -0.05) is 13.8 Å². The monoisotopic (exact) mass is 235 g/mol. The van der Waals surface area contributed by atoms with Gasteiger partial charge in [0, 0.05) is 35.9 Å². The van der Waals surface area contributed by atoms with Crippen molar-refractivity contribution in [3.05, 3.63) is 0 Å². The quantitative estimate of drug-likeness (QED) is 0.576. The van der Waals surface area contributed by atoms with Gasteiger partial charge in [-0.3, -0.25) is 4.90 Å². The summed E-state index contributed by atoms with van der Waals surface area (Å²) in [5.41, 5.74) is 0. The van der Waals surface area contributed by atoms with Crippen molar-refractivity contribution in [2.45, 2.75) is 24.3 Å². The molecule has 0 N–H and O–H groups in total. The molecule has 0 aromatic carbocycles. The van der Waals surface area contributed by atoms with Crippen LogP contribution in [0.2, 0.25) is 0 Å². The lowest BCUT2D eigenvalue weighted by Gasteiger charge is -2.34. The highest BCUT2D eigenvalue weighted by Gasteiger charge is 2.21. The van der Waals surface area contributed by atoms with Gasteiger partial charge < -0.3 is 4.74 Å². The molecular weight excluding hydrogens is 214 g/mol. The van der Waals surface area contributed by atoms with E-state index in [0.717, 1.165) is 36.0 Å². The molecule has 84 valence electrons. The molecule has 2 unspecified atom stereocenters. The lowest BCUT2D eigenvalue weighted by molar-refractivity contribution is 0.114. The fourth-order valence-electron chi connectivity index (χ4n) is 1.83. The van der Waals surface area contributed by atoms with Crippen LogP contribution in [-0.4, -0.2) is 54.0 Å². The number of thioether (sulfide) groups is 1. The Morgan fingerprint density at radius 1 is 1.29 bits per heavy atom. The summed E-state index contributed by atoms with van der Waals surface area (Å²) in [6.07, 6.45) is 0. The highest BCUT2D eigenvalue weighted by molar-refractivity contribution is 8.00. The van der Waals surface area contributed by atoms with Crippen LogP contribution < -0.4 is 0 Å². The summed E-state index contributed by atoms with van der Waals surface area (Å²) in [7, 11) is 0. The number of hydrogen-bond acceptors (Lipinski definition) is 4. The van der Waals surface area contributed by atoms with Gasteiger partial charge in [-0.2, -0.15) is 24.4 Å². The molecule has 1 heterocycles. The summed E-state index contributed by atoms with van der Waals surface area (Å²) in [6, 6.07) is 0. The van der Waals surface area contributed by atoms with Crippen molar-refractivity contribution in [3.8, 4) is 0 Å². The molecule has 14 heavy (non-hydrogen) atoms. The van der Waals surface area contributed by atoms with Gasteiger partial charge in [0.1, 0.15) is 0 Å². The van der Waals surface area contributed by atoms with Gasteiger partial charge in [0.25, 0.3) is 0 Å². The zero-order valence-corrected chi connectivity index (χ0v) is 10.8. The van der Waals surface area contributed by atoms with Crippen LogP contribution >= 0.6 is 24.4 Å². The van der Waals surface area contributed by atoms with E-state index in [1.807, 2.05) is 0 Å². The molecule has 0 saturated carbocycles. The van der Waals surface area contributed by atoms with Crippen LogP contribution in [0.4, 0.5) is 0 Å². The summed E-state index contributed by atoms with van der Waals surface area (Å²) in [6.45, 7) is 9.73. The molecule has 1 fully saturated rings. The van der Waals surface area contributed by atoms with Crippen molar-refractivity contribution in [2.24, 2.45) is 0 Å². The second kappa shape index (κ2) is 6.99. The fraction of sp³-hybridized carbons (Fsp3) is 1.00. The Labute approximate surface area is 97.2 Å². The Morgan fingerprint density at radius 3 is 2.50 bits per heavy atom. The predicted molar refractivity (Wildman–Crippen MR) is 67.6 cm³/mol. The zero-order chi connectivity index (χ0) is 10.4. The topological polar surface area (TPSA) is 12.5 Å². The summed E-state index contributed by atoms with van der Waals surface area (Å²) < 4.78 is 5.43. The predicted octanol–water partition coefficient (Wildman–Crippen LogP) is 1.76. The van der Waals surface area contributed by atoms with Crippen molar-refractivity contribution in [2.75, 3.05) is 38.6 Å². The van der Waals surface area contributed by atoms with Crippen molar-refractivity contribution < 1.29 is 4.74 Å². The van der Waals surface area contributed by atoms with E-state index in [-0.39, 0.29) is 0 Å². The van der Waals surface area contributed by atoms with E-state index >= 15 is 0 Å². The highest BCUT2D eigenvalue weighted by Crippen LogP contribution is 2.24. The largest absolute Gasteiger partial charge is 0.379 e. The molecule has 0 aromatic heterocycles. The zero-order valence-electron chi connectivity index (χ0n) is 9.11. The third-order valence-corrected chi connectivity index (χ3v) is 3.69. The molecule has 0 spiro atoms. The Hall–Kier alpha value is 0.620. The van der Waals surface area contributed by atoms with Crippen molar-refractivity contribution in [1.82, 2.24) is 4.90 Å². The normalized spacial score (nSPS) is 29.4. The molecular formula is C10H21NOS2. The summed E-state index contributed by atoms with van der Waals surface area (Å²) in [5.74, 6) is 0.822. The van der Waals surface area contributed by atoms with E-state index in [0.29, 0.717) is 0 Å². The van der Waals surface area contributed by atoms with Gasteiger partial charge in [-0.15, -0.1) is 0 Å². The first-order valence-electron chi connectivity index (χ1n) is 5.28. The standard InChI is InChI=1S/C10H21NOS2/c1-9-7-11(8-10(2)14-9)3-4-12-5-6-13/h9-10,13H,3-8H2,1-2H3. The second-order valence-corrected chi connectivity index (χ2v) is 6.18. The first-order chi connectivity index (χ1) is 6.72. The van der Waals surface area contributed by atoms with Crippen LogP contribution in [0.3, 0.4) is 0 Å². The molecule has 1 aliphatic rings. The fourth-order valence-corrected chi connectivity index (χ4v) is 3.34. The summed E-state index contributed by atoms with van der Waals surface area (Å²) in [4.78, 5) is 2.50. The average Bonchev–Trinajstić information content (AvgIpc) is 2.11. The molecule has 1 aliphatic heterocycles. The minimum absolute atomic E-state index is 0.767. The Balaban J connectivity index is 2.10. The number of rotatable bonds is 5. The molecule has 0 aliphatic carbocycles. The van der Waals surface area contributed by atoms with Gasteiger partial charge in [-0.25, -0.2) is 0 Å². The van der Waals surface area contributed by atoms with Crippen molar-refractivity contribution in [3.63, 3.8) is 0 Å². The molecule has 2 nitrogen and oxygen atoms in total. The van der Waals surface area contributed by atoms with Gasteiger partial charge in [0.05, 0.1) is 13.2 Å². The lowest BCUT2D eigenvalue weighted by Crippen LogP contribution is -2.42. The highest BCUT2D eigenvalue weighted by atomic mass is 32.2. The van der Waals surface area contributed by atoms with Gasteiger partial charge in [0.15, 0.2) is 0 Å². The maximum absolute atomic E-state index is 5.43. The van der Waals surface area contributed by atoms with Crippen molar-refractivity contribution >= 4 is 24.4 Å². The first-order valence-corrected chi connectivity index (χ1v) is 6.86. The smallest absolute Gasteiger partial charge is 0.0593 e. The molecule has 0 amide bonds. The van der Waals surface area contributed by atoms with E-state index in [1.165, 1.54) is 13.1 Å². The van der Waals surface area contributed by atoms with Crippen LogP contribution in [-0.2, 0) is 4.74 Å². The maximum atomic E-state index is 5.43. The SMILES string of the molecule is CC1CN(CCOCCS)CC(C)S1. The minimum atomic E-state index is 0.767. The first kappa shape index (κ1) is 12.7. The third-order valence-electron chi connectivity index (χ3n) is 2.28. The average molecular weight is 235 g/mol. The number of nitrogens with zero attached hydrogens (tertiary/aromatic N) is 1. The van der Waals surface area contributed by atoms with E-state index in [2.05, 4.69) is 43.1 Å². The molecule has 4 heteroatoms. The van der Waals surface area contributed by atoms with Crippen LogP contribution in [0.5, 0.6) is 0 Å². The Kier molecular flexibility index (Phi) is 6.33. The molecule has 0 radical (unpaired) electrons. The van der Waals surface area contributed by atoms with Crippen LogP contribution in [0, 0.1) is 0 Å². The Morgan fingerprint density at radius 2 is 1.93 bits per heavy atom. The van der Waals surface area contributed by atoms with Gasteiger partial charge in [0.2, 0.25) is 0 Å². The maximum Gasteiger partial charge on any atom is 0.0593 e. The van der Waals surface area contributed by atoms with E-state index in [4.69, 9.17) is 4.74 Å². The molecule has 1 saturated heterocycles. The molecule has 2 atom stereocenters. The van der Waals surface area contributed by atoms with Crippen LogP contribution in [0.1, 0.15) is 13.8 Å². The van der Waals surface area contributed by atoms with Gasteiger partial charge >= 0.3 is 0 Å². The number of thiol groups is 1. The van der Waals surface area contributed by atoms with E-state index in [9.17, 15) is 0 Å². The van der Waals surface area contributed by atoms with E-state index < -0.39 is 0 Å². The molecule has 0 aromatic rings. The molecule has 0 bridgehead atoms. The van der Waals surface area contributed by atoms with Crippen LogP contribution in [0.15, 0.2) is 0 Å². The number of ether oxygens (including phenoxy) is 1. The van der Waals surface area contributed by atoms with Crippen LogP contribution in [0.25, 0.3) is 0 Å². The molecule has 1 rings (SSSR count). The minimum Gasteiger partial charge on any atom is -0.379 e. The summed E-state index contributed by atoms with van der Waals surface area (Å²) in [5, 5.41) is 1.53. The van der Waals surface area contributed by atoms with E-state index in [1.54, 1.807) is 0 Å².